The third kappa shape index (κ3) is 2.34. The van der Waals surface area contributed by atoms with Crippen molar-refractivity contribution < 1.29 is 5.11 Å². The summed E-state index contributed by atoms with van der Waals surface area (Å²) < 4.78 is 1.65. The quantitative estimate of drug-likeness (QED) is 0.836. The second-order valence-corrected chi connectivity index (χ2v) is 7.43. The van der Waals surface area contributed by atoms with Gasteiger partial charge in [-0.2, -0.15) is 0 Å². The molecule has 0 fully saturated rings. The SMILES string of the molecule is CCn1c(=O)c(CC(Br)Br)c(O)c2ccccc21. The van der Waals surface area contributed by atoms with Crippen LogP contribution in [0.1, 0.15) is 12.5 Å². The fourth-order valence-corrected chi connectivity index (χ4v) is 2.75. The molecule has 0 spiro atoms. The van der Waals surface area contributed by atoms with Crippen LogP contribution in [0.15, 0.2) is 29.1 Å². The Kier molecular flexibility index (Phi) is 4.12. The molecule has 0 amide bonds. The largest absolute Gasteiger partial charge is 0.507 e. The molecule has 0 aliphatic rings. The van der Waals surface area contributed by atoms with Gasteiger partial charge in [0.15, 0.2) is 0 Å². The monoisotopic (exact) mass is 373 g/mol. The average Bonchev–Trinajstić information content (AvgIpc) is 2.35. The highest BCUT2D eigenvalue weighted by atomic mass is 79.9. The molecule has 96 valence electrons. The van der Waals surface area contributed by atoms with E-state index >= 15 is 0 Å². The Balaban J connectivity index is 2.83. The highest BCUT2D eigenvalue weighted by molar-refractivity contribution is 9.24. The fraction of sp³-hybridized carbons (Fsp3) is 0.308. The van der Waals surface area contributed by atoms with Crippen molar-refractivity contribution in [3.8, 4) is 5.75 Å². The van der Waals surface area contributed by atoms with Gasteiger partial charge >= 0.3 is 0 Å². The van der Waals surface area contributed by atoms with Gasteiger partial charge < -0.3 is 9.67 Å². The van der Waals surface area contributed by atoms with E-state index < -0.39 is 0 Å². The molecule has 0 bridgehead atoms. The number of aryl methyl sites for hydroxylation is 1. The van der Waals surface area contributed by atoms with Crippen molar-refractivity contribution in [1.82, 2.24) is 4.57 Å². The van der Waals surface area contributed by atoms with Crippen molar-refractivity contribution in [3.63, 3.8) is 0 Å². The van der Waals surface area contributed by atoms with Crippen molar-refractivity contribution in [1.29, 1.82) is 0 Å². The van der Waals surface area contributed by atoms with Crippen molar-refractivity contribution in [2.75, 3.05) is 0 Å². The van der Waals surface area contributed by atoms with E-state index in [1.807, 2.05) is 31.2 Å². The molecule has 0 aliphatic carbocycles. The van der Waals surface area contributed by atoms with Crippen LogP contribution in [-0.4, -0.2) is 13.4 Å². The minimum atomic E-state index is -0.127. The van der Waals surface area contributed by atoms with Crippen LogP contribution in [0.3, 0.4) is 0 Å². The molecule has 0 radical (unpaired) electrons. The summed E-state index contributed by atoms with van der Waals surface area (Å²) in [7, 11) is 0. The second kappa shape index (κ2) is 5.45. The molecule has 1 aromatic heterocycles. The molecule has 2 rings (SSSR count). The molecule has 3 nitrogen and oxygen atoms in total. The number of nitrogens with zero attached hydrogens (tertiary/aromatic N) is 1. The van der Waals surface area contributed by atoms with Crippen LogP contribution in [0.5, 0.6) is 5.75 Å². The van der Waals surface area contributed by atoms with Gasteiger partial charge in [0.25, 0.3) is 5.56 Å². The van der Waals surface area contributed by atoms with Gasteiger partial charge in [-0.25, -0.2) is 0 Å². The van der Waals surface area contributed by atoms with Crippen LogP contribution in [-0.2, 0) is 13.0 Å². The molecule has 2 aromatic rings. The minimum absolute atomic E-state index is 0.0323. The van der Waals surface area contributed by atoms with Crippen molar-refractivity contribution in [2.24, 2.45) is 0 Å². The molecule has 0 atom stereocenters. The summed E-state index contributed by atoms with van der Waals surface area (Å²) in [5, 5.41) is 11.0. The first-order chi connectivity index (χ1) is 8.56. The first kappa shape index (κ1) is 13.6. The number of fused-ring (bicyclic) bond motifs is 1. The molecular formula is C13H13Br2NO2. The molecular weight excluding hydrogens is 362 g/mol. The van der Waals surface area contributed by atoms with Crippen molar-refractivity contribution in [2.45, 2.75) is 23.6 Å². The number of rotatable bonds is 3. The van der Waals surface area contributed by atoms with E-state index in [4.69, 9.17) is 0 Å². The zero-order valence-electron chi connectivity index (χ0n) is 9.86. The Morgan fingerprint density at radius 2 is 2.00 bits per heavy atom. The molecule has 1 N–H and O–H groups in total. The summed E-state index contributed by atoms with van der Waals surface area (Å²) in [6.07, 6.45) is 0.440. The number of hydrogen-bond donors (Lipinski definition) is 1. The highest BCUT2D eigenvalue weighted by Crippen LogP contribution is 2.28. The lowest BCUT2D eigenvalue weighted by atomic mass is 10.1. The summed E-state index contributed by atoms with van der Waals surface area (Å²) in [6.45, 7) is 2.51. The number of benzene rings is 1. The van der Waals surface area contributed by atoms with Crippen LogP contribution in [0.4, 0.5) is 0 Å². The number of alkyl halides is 2. The Morgan fingerprint density at radius 3 is 2.61 bits per heavy atom. The number of halogens is 2. The molecule has 1 heterocycles. The molecule has 5 heteroatoms. The Morgan fingerprint density at radius 1 is 1.33 bits per heavy atom. The van der Waals surface area contributed by atoms with Crippen LogP contribution in [0.25, 0.3) is 10.9 Å². The summed E-state index contributed by atoms with van der Waals surface area (Å²) in [4.78, 5) is 12.3. The van der Waals surface area contributed by atoms with Crippen LogP contribution in [0.2, 0.25) is 0 Å². The molecule has 1 aromatic carbocycles. The first-order valence-corrected chi connectivity index (χ1v) is 7.51. The predicted molar refractivity (Wildman–Crippen MR) is 80.9 cm³/mol. The van der Waals surface area contributed by atoms with Crippen molar-refractivity contribution in [3.05, 3.63) is 40.2 Å². The molecule has 0 aliphatic heterocycles. The lowest BCUT2D eigenvalue weighted by molar-refractivity contribution is 0.471. The normalized spacial score (nSPS) is 11.3. The maximum absolute atomic E-state index is 12.3. The van der Waals surface area contributed by atoms with E-state index in [9.17, 15) is 9.90 Å². The molecule has 0 saturated carbocycles. The summed E-state index contributed by atoms with van der Waals surface area (Å²) in [5.41, 5.74) is 1.08. The second-order valence-electron chi connectivity index (χ2n) is 3.99. The number of aromatic hydroxyl groups is 1. The molecule has 18 heavy (non-hydrogen) atoms. The zero-order chi connectivity index (χ0) is 13.3. The topological polar surface area (TPSA) is 42.2 Å². The molecule has 0 saturated heterocycles. The highest BCUT2D eigenvalue weighted by Gasteiger charge is 2.16. The van der Waals surface area contributed by atoms with Crippen LogP contribution in [0, 0.1) is 0 Å². The minimum Gasteiger partial charge on any atom is -0.507 e. The summed E-state index contributed by atoms with van der Waals surface area (Å²) in [6, 6.07) is 7.40. The predicted octanol–water partition coefficient (Wildman–Crippen LogP) is 3.39. The maximum atomic E-state index is 12.3. The lowest BCUT2D eigenvalue weighted by Gasteiger charge is -2.13. The Hall–Kier alpha value is -0.810. The summed E-state index contributed by atoms with van der Waals surface area (Å²) in [5.74, 6) is 0.0872. The van der Waals surface area contributed by atoms with Gasteiger partial charge in [0.05, 0.1) is 14.8 Å². The maximum Gasteiger partial charge on any atom is 0.258 e. The first-order valence-electron chi connectivity index (χ1n) is 5.67. The van der Waals surface area contributed by atoms with E-state index in [0.717, 1.165) is 10.9 Å². The zero-order valence-corrected chi connectivity index (χ0v) is 13.0. The van der Waals surface area contributed by atoms with Gasteiger partial charge in [-0.1, -0.05) is 44.0 Å². The third-order valence-electron chi connectivity index (χ3n) is 2.91. The van der Waals surface area contributed by atoms with Gasteiger partial charge in [0.2, 0.25) is 0 Å². The fourth-order valence-electron chi connectivity index (χ4n) is 2.10. The van der Waals surface area contributed by atoms with Crippen molar-refractivity contribution >= 4 is 42.8 Å². The van der Waals surface area contributed by atoms with Gasteiger partial charge in [-0.3, -0.25) is 4.79 Å². The number of para-hydroxylation sites is 1. The van der Waals surface area contributed by atoms with E-state index in [2.05, 4.69) is 31.9 Å². The number of aromatic nitrogens is 1. The average molecular weight is 375 g/mol. The summed E-state index contributed by atoms with van der Waals surface area (Å²) >= 11 is 6.69. The van der Waals surface area contributed by atoms with Gasteiger partial charge in [-0.05, 0) is 19.1 Å². The standard InChI is InChI=1S/C13H13Br2NO2/c1-2-16-10-6-4-3-5-8(10)12(17)9(13(16)18)7-11(14)15/h3-6,11,17H,2,7H2,1H3. The Bertz CT molecular complexity index is 635. The van der Waals surface area contributed by atoms with E-state index in [0.29, 0.717) is 18.5 Å². The smallest absolute Gasteiger partial charge is 0.258 e. The number of pyridine rings is 1. The number of hydrogen-bond acceptors (Lipinski definition) is 2. The van der Waals surface area contributed by atoms with E-state index in [-0.39, 0.29) is 15.0 Å². The van der Waals surface area contributed by atoms with E-state index in [1.54, 1.807) is 4.57 Å². The van der Waals surface area contributed by atoms with E-state index in [1.165, 1.54) is 0 Å². The van der Waals surface area contributed by atoms with Gasteiger partial charge in [0, 0.05) is 18.4 Å². The van der Waals surface area contributed by atoms with Gasteiger partial charge in [0.1, 0.15) is 5.75 Å². The Labute approximate surface area is 122 Å². The molecule has 0 unspecified atom stereocenters. The van der Waals surface area contributed by atoms with Crippen LogP contribution < -0.4 is 5.56 Å². The van der Waals surface area contributed by atoms with Crippen LogP contribution >= 0.6 is 31.9 Å². The van der Waals surface area contributed by atoms with Gasteiger partial charge in [-0.15, -0.1) is 0 Å². The third-order valence-corrected chi connectivity index (χ3v) is 3.56. The lowest BCUT2D eigenvalue weighted by Crippen LogP contribution is -2.24.